The SMILES string of the molecule is Cc1cc(C)n(CC(=O)N2CCCCC2CC(=O)O)n1. The summed E-state index contributed by atoms with van der Waals surface area (Å²) in [6.07, 6.45) is 2.73. The Kier molecular flexibility index (Phi) is 4.42. The molecular weight excluding hydrogens is 258 g/mol. The number of hydrogen-bond donors (Lipinski definition) is 1. The molecular formula is C14H21N3O3. The van der Waals surface area contributed by atoms with E-state index < -0.39 is 5.97 Å². The van der Waals surface area contributed by atoms with E-state index >= 15 is 0 Å². The first kappa shape index (κ1) is 14.6. The van der Waals surface area contributed by atoms with Gasteiger partial charge < -0.3 is 10.0 Å². The van der Waals surface area contributed by atoms with Crippen LogP contribution in [0.2, 0.25) is 0 Å². The number of likely N-dealkylation sites (tertiary alicyclic amines) is 1. The molecule has 0 spiro atoms. The van der Waals surface area contributed by atoms with Crippen LogP contribution in [0.15, 0.2) is 6.07 Å². The molecule has 0 radical (unpaired) electrons. The van der Waals surface area contributed by atoms with E-state index in [0.717, 1.165) is 30.7 Å². The molecule has 1 amide bonds. The molecule has 6 nitrogen and oxygen atoms in total. The van der Waals surface area contributed by atoms with Gasteiger partial charge in [-0.25, -0.2) is 0 Å². The van der Waals surface area contributed by atoms with Crippen molar-refractivity contribution in [3.63, 3.8) is 0 Å². The minimum absolute atomic E-state index is 0.0306. The smallest absolute Gasteiger partial charge is 0.305 e. The highest BCUT2D eigenvalue weighted by Crippen LogP contribution is 2.20. The molecule has 1 aromatic heterocycles. The molecule has 0 bridgehead atoms. The van der Waals surface area contributed by atoms with Crippen LogP contribution < -0.4 is 0 Å². The van der Waals surface area contributed by atoms with Gasteiger partial charge in [-0.15, -0.1) is 0 Å². The lowest BCUT2D eigenvalue weighted by Gasteiger charge is -2.35. The third-order valence-electron chi connectivity index (χ3n) is 3.75. The van der Waals surface area contributed by atoms with Crippen LogP contribution >= 0.6 is 0 Å². The molecule has 1 atom stereocenters. The van der Waals surface area contributed by atoms with Gasteiger partial charge in [0.05, 0.1) is 12.1 Å². The number of piperidine rings is 1. The normalized spacial score (nSPS) is 19.1. The number of carboxylic acid groups (broad SMARTS) is 1. The second-order valence-corrected chi connectivity index (χ2v) is 5.42. The Hall–Kier alpha value is -1.85. The van der Waals surface area contributed by atoms with E-state index in [1.165, 1.54) is 0 Å². The van der Waals surface area contributed by atoms with Crippen molar-refractivity contribution < 1.29 is 14.7 Å². The predicted molar refractivity (Wildman–Crippen MR) is 73.3 cm³/mol. The van der Waals surface area contributed by atoms with Gasteiger partial charge in [-0.3, -0.25) is 14.3 Å². The van der Waals surface area contributed by atoms with Gasteiger partial charge >= 0.3 is 5.97 Å². The van der Waals surface area contributed by atoms with Gasteiger partial charge in [0.2, 0.25) is 5.91 Å². The molecule has 1 fully saturated rings. The Morgan fingerprint density at radius 2 is 2.15 bits per heavy atom. The van der Waals surface area contributed by atoms with Gasteiger partial charge in [-0.1, -0.05) is 0 Å². The molecule has 6 heteroatoms. The summed E-state index contributed by atoms with van der Waals surface area (Å²) in [7, 11) is 0. The van der Waals surface area contributed by atoms with Crippen molar-refractivity contribution in [2.75, 3.05) is 6.54 Å². The highest BCUT2D eigenvalue weighted by atomic mass is 16.4. The minimum atomic E-state index is -0.846. The number of carbonyl (C=O) groups excluding carboxylic acids is 1. The van der Waals surface area contributed by atoms with Crippen LogP contribution in [0.4, 0.5) is 0 Å². The van der Waals surface area contributed by atoms with Gasteiger partial charge in [0, 0.05) is 18.3 Å². The van der Waals surface area contributed by atoms with Crippen molar-refractivity contribution in [3.05, 3.63) is 17.5 Å². The number of nitrogens with zero attached hydrogens (tertiary/aromatic N) is 3. The third kappa shape index (κ3) is 3.37. The van der Waals surface area contributed by atoms with Gasteiger partial charge in [0.15, 0.2) is 0 Å². The molecule has 0 aromatic carbocycles. The molecule has 1 unspecified atom stereocenters. The number of hydrogen-bond acceptors (Lipinski definition) is 3. The molecule has 1 aliphatic rings. The Labute approximate surface area is 118 Å². The first-order valence-corrected chi connectivity index (χ1v) is 6.99. The van der Waals surface area contributed by atoms with Gasteiger partial charge in [0.25, 0.3) is 0 Å². The van der Waals surface area contributed by atoms with E-state index in [2.05, 4.69) is 5.10 Å². The molecule has 2 heterocycles. The number of aromatic nitrogens is 2. The summed E-state index contributed by atoms with van der Waals surface area (Å²) in [6, 6.07) is 1.75. The number of amides is 1. The van der Waals surface area contributed by atoms with E-state index in [0.29, 0.717) is 6.54 Å². The largest absolute Gasteiger partial charge is 0.481 e. The molecule has 1 aromatic rings. The van der Waals surface area contributed by atoms with E-state index in [1.807, 2.05) is 19.9 Å². The Balaban J connectivity index is 2.05. The van der Waals surface area contributed by atoms with Crippen LogP contribution in [-0.4, -0.2) is 44.3 Å². The molecule has 2 rings (SSSR count). The second-order valence-electron chi connectivity index (χ2n) is 5.42. The predicted octanol–water partition coefficient (Wildman–Crippen LogP) is 1.36. The van der Waals surface area contributed by atoms with Crippen molar-refractivity contribution in [2.45, 2.75) is 52.1 Å². The average Bonchev–Trinajstić information content (AvgIpc) is 2.67. The van der Waals surface area contributed by atoms with Crippen LogP contribution in [-0.2, 0) is 16.1 Å². The molecule has 0 aliphatic carbocycles. The van der Waals surface area contributed by atoms with Crippen molar-refractivity contribution in [2.24, 2.45) is 0 Å². The van der Waals surface area contributed by atoms with Crippen LogP contribution in [0, 0.1) is 13.8 Å². The van der Waals surface area contributed by atoms with Crippen LogP contribution in [0.25, 0.3) is 0 Å². The fourth-order valence-electron chi connectivity index (χ4n) is 2.80. The van der Waals surface area contributed by atoms with Crippen molar-refractivity contribution in [3.8, 4) is 0 Å². The molecule has 1 N–H and O–H groups in total. The van der Waals surface area contributed by atoms with Crippen LogP contribution in [0.5, 0.6) is 0 Å². The van der Waals surface area contributed by atoms with Gasteiger partial charge in [-0.2, -0.15) is 5.10 Å². The van der Waals surface area contributed by atoms with Gasteiger partial charge in [-0.05, 0) is 39.2 Å². The van der Waals surface area contributed by atoms with Crippen molar-refractivity contribution in [1.29, 1.82) is 0 Å². The van der Waals surface area contributed by atoms with E-state index in [-0.39, 0.29) is 24.9 Å². The Bertz CT molecular complexity index is 510. The maximum atomic E-state index is 12.4. The third-order valence-corrected chi connectivity index (χ3v) is 3.75. The summed E-state index contributed by atoms with van der Waals surface area (Å²) in [5.74, 6) is -0.886. The fourth-order valence-corrected chi connectivity index (χ4v) is 2.80. The first-order chi connectivity index (χ1) is 9.47. The lowest BCUT2D eigenvalue weighted by atomic mass is 9.99. The topological polar surface area (TPSA) is 75.4 Å². The standard InChI is InChI=1S/C14H21N3O3/c1-10-7-11(2)17(15-10)9-13(18)16-6-4-3-5-12(16)8-14(19)20/h7,12H,3-6,8-9H2,1-2H3,(H,19,20). The summed E-state index contributed by atoms with van der Waals surface area (Å²) >= 11 is 0. The van der Waals surface area contributed by atoms with E-state index in [4.69, 9.17) is 5.11 Å². The summed E-state index contributed by atoms with van der Waals surface area (Å²) in [5.41, 5.74) is 1.83. The van der Waals surface area contributed by atoms with Crippen LogP contribution in [0.1, 0.15) is 37.1 Å². The average molecular weight is 279 g/mol. The maximum Gasteiger partial charge on any atom is 0.305 e. The quantitative estimate of drug-likeness (QED) is 0.903. The molecule has 20 heavy (non-hydrogen) atoms. The summed E-state index contributed by atoms with van der Waals surface area (Å²) in [5, 5.41) is 13.2. The number of carboxylic acids is 1. The van der Waals surface area contributed by atoms with E-state index in [1.54, 1.807) is 9.58 Å². The molecule has 110 valence electrons. The van der Waals surface area contributed by atoms with Crippen LogP contribution in [0.3, 0.4) is 0 Å². The maximum absolute atomic E-state index is 12.4. The van der Waals surface area contributed by atoms with E-state index in [9.17, 15) is 9.59 Å². The Morgan fingerprint density at radius 1 is 1.40 bits per heavy atom. The number of aryl methyl sites for hydroxylation is 2. The minimum Gasteiger partial charge on any atom is -0.481 e. The summed E-state index contributed by atoms with van der Waals surface area (Å²) < 4.78 is 1.68. The second kappa shape index (κ2) is 6.07. The van der Waals surface area contributed by atoms with Crippen molar-refractivity contribution in [1.82, 2.24) is 14.7 Å². The fraction of sp³-hybridized carbons (Fsp3) is 0.643. The molecule has 0 saturated carbocycles. The Morgan fingerprint density at radius 3 is 2.75 bits per heavy atom. The highest BCUT2D eigenvalue weighted by Gasteiger charge is 2.28. The first-order valence-electron chi connectivity index (χ1n) is 6.99. The van der Waals surface area contributed by atoms with Crippen molar-refractivity contribution >= 4 is 11.9 Å². The number of aliphatic carboxylic acids is 1. The lowest BCUT2D eigenvalue weighted by molar-refractivity contribution is -0.142. The number of rotatable bonds is 4. The monoisotopic (exact) mass is 279 g/mol. The molecule has 1 aliphatic heterocycles. The summed E-state index contributed by atoms with van der Waals surface area (Å²) in [6.45, 7) is 4.65. The highest BCUT2D eigenvalue weighted by molar-refractivity contribution is 5.77. The number of carbonyl (C=O) groups is 2. The lowest BCUT2D eigenvalue weighted by Crippen LogP contribution is -2.46. The zero-order valence-corrected chi connectivity index (χ0v) is 12.0. The zero-order valence-electron chi connectivity index (χ0n) is 12.0. The summed E-state index contributed by atoms with van der Waals surface area (Å²) in [4.78, 5) is 25.0. The zero-order chi connectivity index (χ0) is 14.7. The molecule has 1 saturated heterocycles. The van der Waals surface area contributed by atoms with Gasteiger partial charge in [0.1, 0.15) is 6.54 Å².